The summed E-state index contributed by atoms with van der Waals surface area (Å²) in [4.78, 5) is 27.0. The van der Waals surface area contributed by atoms with Gasteiger partial charge in [0.05, 0.1) is 10.8 Å². The van der Waals surface area contributed by atoms with Crippen molar-refractivity contribution >= 4 is 45.6 Å². The number of fused-ring (bicyclic) bond motifs is 1. The molecule has 2 atom stereocenters. The molecule has 0 saturated carbocycles. The summed E-state index contributed by atoms with van der Waals surface area (Å²) in [6.07, 6.45) is 4.03. The maximum absolute atomic E-state index is 13.0. The molecule has 0 saturated heterocycles. The molecule has 180 valence electrons. The molecule has 2 unspecified atom stereocenters. The van der Waals surface area contributed by atoms with Gasteiger partial charge in [0.25, 0.3) is 0 Å². The van der Waals surface area contributed by atoms with Crippen LogP contribution in [0.1, 0.15) is 60.6 Å². The van der Waals surface area contributed by atoms with Gasteiger partial charge in [-0.1, -0.05) is 43.3 Å². The molecule has 3 aromatic rings. The van der Waals surface area contributed by atoms with Crippen molar-refractivity contribution in [3.8, 4) is 6.07 Å². The highest BCUT2D eigenvalue weighted by atomic mass is 32.2. The summed E-state index contributed by atoms with van der Waals surface area (Å²) in [7, 11) is 0. The van der Waals surface area contributed by atoms with E-state index in [0.717, 1.165) is 41.8 Å². The molecule has 1 heterocycles. The Morgan fingerprint density at radius 3 is 2.71 bits per heavy atom. The largest absolute Gasteiger partial charge is 0.326 e. The Labute approximate surface area is 214 Å². The molecule has 2 amide bonds. The van der Waals surface area contributed by atoms with Gasteiger partial charge in [-0.3, -0.25) is 9.59 Å². The van der Waals surface area contributed by atoms with E-state index in [4.69, 9.17) is 0 Å². The van der Waals surface area contributed by atoms with Crippen molar-refractivity contribution in [1.82, 2.24) is 0 Å². The van der Waals surface area contributed by atoms with Crippen LogP contribution in [0.3, 0.4) is 0 Å². The molecule has 4 rings (SSSR count). The summed E-state index contributed by atoms with van der Waals surface area (Å²) in [5.41, 5.74) is 3.76. The van der Waals surface area contributed by atoms with E-state index < -0.39 is 0 Å². The van der Waals surface area contributed by atoms with Gasteiger partial charge in [-0.25, -0.2) is 0 Å². The summed E-state index contributed by atoms with van der Waals surface area (Å²) in [6.45, 7) is 3.82. The minimum Gasteiger partial charge on any atom is -0.326 e. The minimum atomic E-state index is -0.362. The molecule has 2 N–H and O–H groups in total. The van der Waals surface area contributed by atoms with Crippen LogP contribution in [0.5, 0.6) is 0 Å². The van der Waals surface area contributed by atoms with Crippen molar-refractivity contribution in [3.05, 3.63) is 76.2 Å². The van der Waals surface area contributed by atoms with Crippen molar-refractivity contribution in [2.24, 2.45) is 0 Å². The van der Waals surface area contributed by atoms with Gasteiger partial charge < -0.3 is 10.6 Å². The van der Waals surface area contributed by atoms with Gasteiger partial charge in [-0.2, -0.15) is 5.26 Å². The Morgan fingerprint density at radius 2 is 1.97 bits per heavy atom. The Balaban J connectivity index is 1.43. The number of hydrogen-bond acceptors (Lipinski definition) is 5. The zero-order valence-corrected chi connectivity index (χ0v) is 21.6. The lowest BCUT2D eigenvalue weighted by molar-refractivity contribution is -0.116. The fourth-order valence-electron chi connectivity index (χ4n) is 4.37. The lowest BCUT2D eigenvalue weighted by Crippen LogP contribution is -2.22. The average molecular weight is 504 g/mol. The number of anilines is 2. The number of rotatable bonds is 8. The van der Waals surface area contributed by atoms with E-state index in [0.29, 0.717) is 22.9 Å². The number of nitriles is 1. The molecule has 0 radical (unpaired) electrons. The molecule has 7 heteroatoms. The van der Waals surface area contributed by atoms with Crippen LogP contribution in [0.4, 0.5) is 10.7 Å². The monoisotopic (exact) mass is 503 g/mol. The molecular formula is C28H29N3O2S2. The molecular weight excluding hydrogens is 474 g/mol. The molecule has 0 fully saturated rings. The van der Waals surface area contributed by atoms with E-state index in [-0.39, 0.29) is 17.1 Å². The second-order valence-corrected chi connectivity index (χ2v) is 11.3. The minimum absolute atomic E-state index is 0.0133. The van der Waals surface area contributed by atoms with Gasteiger partial charge in [0, 0.05) is 21.9 Å². The number of thiophene rings is 1. The highest BCUT2D eigenvalue weighted by molar-refractivity contribution is 8.00. The number of amides is 2. The number of carbonyl (C=O) groups is 2. The van der Waals surface area contributed by atoms with Crippen molar-refractivity contribution < 1.29 is 9.59 Å². The summed E-state index contributed by atoms with van der Waals surface area (Å²) >= 11 is 2.97. The topological polar surface area (TPSA) is 82.0 Å². The third-order valence-electron chi connectivity index (χ3n) is 6.16. The second-order valence-electron chi connectivity index (χ2n) is 8.75. The van der Waals surface area contributed by atoms with Crippen molar-refractivity contribution in [2.75, 3.05) is 10.6 Å². The van der Waals surface area contributed by atoms with E-state index in [1.54, 1.807) is 0 Å². The normalized spacial score (nSPS) is 15.5. The lowest BCUT2D eigenvalue weighted by atomic mass is 9.83. The van der Waals surface area contributed by atoms with Gasteiger partial charge in [0.1, 0.15) is 11.1 Å². The first-order valence-electron chi connectivity index (χ1n) is 12.0. The zero-order chi connectivity index (χ0) is 24.8. The fourth-order valence-corrected chi connectivity index (χ4v) is 6.58. The van der Waals surface area contributed by atoms with E-state index in [1.807, 2.05) is 44.2 Å². The molecule has 0 spiro atoms. The van der Waals surface area contributed by atoms with Crippen LogP contribution < -0.4 is 10.6 Å². The first-order chi connectivity index (χ1) is 17.0. The molecule has 5 nitrogen and oxygen atoms in total. The highest BCUT2D eigenvalue weighted by Gasteiger charge is 2.28. The number of benzene rings is 2. The van der Waals surface area contributed by atoms with Crippen LogP contribution in [0.2, 0.25) is 0 Å². The molecule has 1 aromatic heterocycles. The predicted octanol–water partition coefficient (Wildman–Crippen LogP) is 6.75. The van der Waals surface area contributed by atoms with E-state index in [9.17, 15) is 14.9 Å². The summed E-state index contributed by atoms with van der Waals surface area (Å²) in [5.74, 6) is 0.294. The summed E-state index contributed by atoms with van der Waals surface area (Å²) < 4.78 is 0. The zero-order valence-electron chi connectivity index (χ0n) is 20.0. The Bertz CT molecular complexity index is 1250. The quantitative estimate of drug-likeness (QED) is 0.333. The van der Waals surface area contributed by atoms with Crippen LogP contribution in [0.15, 0.2) is 59.5 Å². The van der Waals surface area contributed by atoms with Crippen LogP contribution in [-0.2, 0) is 22.4 Å². The molecule has 2 aromatic carbocycles. The SMILES string of the molecule is CCCC(=O)Nc1cccc(SC(C)C(=O)Nc2sc3c(c2C#N)CCC(c2ccccc2)C3)c1. The third kappa shape index (κ3) is 6.14. The Morgan fingerprint density at radius 1 is 1.17 bits per heavy atom. The number of carbonyl (C=O) groups excluding carboxylic acids is 2. The maximum Gasteiger partial charge on any atom is 0.238 e. The smallest absolute Gasteiger partial charge is 0.238 e. The number of thioether (sulfide) groups is 1. The molecule has 35 heavy (non-hydrogen) atoms. The highest BCUT2D eigenvalue weighted by Crippen LogP contribution is 2.42. The summed E-state index contributed by atoms with van der Waals surface area (Å²) in [5, 5.41) is 16.1. The van der Waals surface area contributed by atoms with E-state index >= 15 is 0 Å². The lowest BCUT2D eigenvalue weighted by Gasteiger charge is -2.22. The first kappa shape index (κ1) is 25.0. The van der Waals surface area contributed by atoms with E-state index in [2.05, 4.69) is 41.0 Å². The number of nitrogens with one attached hydrogen (secondary N) is 2. The standard InChI is InChI=1S/C28H29N3O2S2/c1-3-8-26(32)30-21-11-7-12-22(16-21)34-18(2)27(33)31-28-24(17-29)23-14-13-20(15-25(23)35-28)19-9-5-4-6-10-19/h4-7,9-12,16,18,20H,3,8,13-15H2,1-2H3,(H,30,32)(H,31,33). The van der Waals surface area contributed by atoms with Crippen LogP contribution in [-0.4, -0.2) is 17.1 Å². The predicted molar refractivity (Wildman–Crippen MR) is 144 cm³/mol. The molecule has 1 aliphatic rings. The van der Waals surface area contributed by atoms with Crippen molar-refractivity contribution in [2.45, 2.75) is 62.0 Å². The fraction of sp³-hybridized carbons (Fsp3) is 0.321. The second kappa shape index (κ2) is 11.6. The number of nitrogens with zero attached hydrogens (tertiary/aromatic N) is 1. The van der Waals surface area contributed by atoms with Crippen LogP contribution >= 0.6 is 23.1 Å². The molecule has 0 bridgehead atoms. The first-order valence-corrected chi connectivity index (χ1v) is 13.6. The van der Waals surface area contributed by atoms with Gasteiger partial charge >= 0.3 is 0 Å². The van der Waals surface area contributed by atoms with Gasteiger partial charge in [-0.05, 0) is 67.9 Å². The van der Waals surface area contributed by atoms with Gasteiger partial charge in [0.2, 0.25) is 11.8 Å². The maximum atomic E-state index is 13.0. The van der Waals surface area contributed by atoms with Gasteiger partial charge in [0.15, 0.2) is 0 Å². The Kier molecular flexibility index (Phi) is 8.27. The average Bonchev–Trinajstić information content (AvgIpc) is 3.20. The third-order valence-corrected chi connectivity index (χ3v) is 8.43. The van der Waals surface area contributed by atoms with Crippen molar-refractivity contribution in [3.63, 3.8) is 0 Å². The number of hydrogen-bond donors (Lipinski definition) is 2. The van der Waals surface area contributed by atoms with Crippen molar-refractivity contribution in [1.29, 1.82) is 5.26 Å². The van der Waals surface area contributed by atoms with Crippen LogP contribution in [0, 0.1) is 11.3 Å². The van der Waals surface area contributed by atoms with Crippen LogP contribution in [0.25, 0.3) is 0 Å². The molecule has 1 aliphatic carbocycles. The molecule has 0 aliphatic heterocycles. The van der Waals surface area contributed by atoms with E-state index in [1.165, 1.54) is 33.5 Å². The van der Waals surface area contributed by atoms with Gasteiger partial charge in [-0.15, -0.1) is 23.1 Å². The summed E-state index contributed by atoms with van der Waals surface area (Å²) in [6, 6.07) is 20.4. The Hall–Kier alpha value is -3.08.